The van der Waals surface area contributed by atoms with Crippen LogP contribution in [0.5, 0.6) is 0 Å². The van der Waals surface area contributed by atoms with E-state index in [-0.39, 0.29) is 17.7 Å². The lowest BCUT2D eigenvalue weighted by Gasteiger charge is -2.31. The molecule has 0 spiro atoms. The van der Waals surface area contributed by atoms with Crippen LogP contribution in [0.3, 0.4) is 0 Å². The molecule has 0 aromatic heterocycles. The third kappa shape index (κ3) is 5.52. The van der Waals surface area contributed by atoms with Gasteiger partial charge in [0.25, 0.3) is 5.91 Å². The first-order valence-corrected chi connectivity index (χ1v) is 10.4. The summed E-state index contributed by atoms with van der Waals surface area (Å²) in [6, 6.07) is 6.92. The summed E-state index contributed by atoms with van der Waals surface area (Å²) in [4.78, 5) is 14.3. The average molecular weight is 368 g/mol. The Morgan fingerprint density at radius 3 is 2.16 bits per heavy atom. The largest absolute Gasteiger partial charge is 0.349 e. The van der Waals surface area contributed by atoms with Gasteiger partial charge in [0, 0.05) is 37.8 Å². The van der Waals surface area contributed by atoms with Crippen molar-refractivity contribution in [3.8, 4) is 0 Å². The maximum atomic E-state index is 12.5. The summed E-state index contributed by atoms with van der Waals surface area (Å²) < 4.78 is 26.6. The van der Waals surface area contributed by atoms with Crippen molar-refractivity contribution in [2.75, 3.05) is 33.2 Å². The Bertz CT molecular complexity index is 678. The van der Waals surface area contributed by atoms with Gasteiger partial charge in [0.05, 0.1) is 5.75 Å². The highest BCUT2D eigenvalue weighted by molar-refractivity contribution is 7.88. The van der Waals surface area contributed by atoms with Gasteiger partial charge < -0.3 is 10.2 Å². The number of amides is 1. The summed E-state index contributed by atoms with van der Waals surface area (Å²) in [7, 11) is -1.32. The first-order chi connectivity index (χ1) is 11.7. The molecule has 7 heteroatoms. The number of hydrogen-bond donors (Lipinski definition) is 1. The molecule has 25 heavy (non-hydrogen) atoms. The summed E-state index contributed by atoms with van der Waals surface area (Å²) in [5.41, 5.74) is 1.25. The molecule has 1 aromatic carbocycles. The molecule has 0 saturated carbocycles. The van der Waals surface area contributed by atoms with Gasteiger partial charge in [-0.05, 0) is 37.6 Å². The van der Waals surface area contributed by atoms with Crippen LogP contribution in [0.15, 0.2) is 24.3 Å². The Hall–Kier alpha value is -1.44. The number of likely N-dealkylation sites (N-methyl/N-ethyl adjacent to an activating group) is 1. The minimum atomic E-state index is -3.32. The molecule has 1 heterocycles. The smallest absolute Gasteiger partial charge is 0.251 e. The minimum Gasteiger partial charge on any atom is -0.349 e. The van der Waals surface area contributed by atoms with E-state index in [9.17, 15) is 13.2 Å². The van der Waals surface area contributed by atoms with E-state index >= 15 is 0 Å². The van der Waals surface area contributed by atoms with E-state index < -0.39 is 10.0 Å². The number of sulfonamides is 1. The number of carbonyl (C=O) groups excluding carboxylic acids is 1. The zero-order valence-corrected chi connectivity index (χ0v) is 16.3. The maximum absolute atomic E-state index is 12.5. The molecule has 140 valence electrons. The van der Waals surface area contributed by atoms with Gasteiger partial charge in [-0.25, -0.2) is 8.42 Å². The van der Waals surface area contributed by atoms with E-state index in [1.54, 1.807) is 28.6 Å². The third-order valence-corrected chi connectivity index (χ3v) is 6.63. The highest BCUT2D eigenvalue weighted by Crippen LogP contribution is 2.14. The van der Waals surface area contributed by atoms with Crippen LogP contribution in [0, 0.1) is 5.92 Å². The Morgan fingerprint density at radius 2 is 1.64 bits per heavy atom. The van der Waals surface area contributed by atoms with Crippen LogP contribution in [0.25, 0.3) is 0 Å². The van der Waals surface area contributed by atoms with E-state index in [1.807, 2.05) is 14.0 Å². The monoisotopic (exact) mass is 367 g/mol. The van der Waals surface area contributed by atoms with Gasteiger partial charge in [0.1, 0.15) is 0 Å². The highest BCUT2D eigenvalue weighted by atomic mass is 32.2. The zero-order chi connectivity index (χ0) is 18.6. The van der Waals surface area contributed by atoms with E-state index in [0.717, 1.165) is 13.1 Å². The van der Waals surface area contributed by atoms with Crippen LogP contribution in [-0.2, 0) is 15.8 Å². The average Bonchev–Trinajstić information content (AvgIpc) is 2.55. The maximum Gasteiger partial charge on any atom is 0.251 e. The quantitative estimate of drug-likeness (QED) is 0.828. The first kappa shape index (κ1) is 19.9. The van der Waals surface area contributed by atoms with Gasteiger partial charge in [-0.2, -0.15) is 4.31 Å². The molecule has 0 unspecified atom stereocenters. The molecule has 0 bridgehead atoms. The lowest BCUT2D eigenvalue weighted by atomic mass is 10.1. The molecule has 2 rings (SSSR count). The van der Waals surface area contributed by atoms with Crippen LogP contribution < -0.4 is 5.32 Å². The summed E-state index contributed by atoms with van der Waals surface area (Å²) >= 11 is 0. The fourth-order valence-electron chi connectivity index (χ4n) is 2.58. The first-order valence-electron chi connectivity index (χ1n) is 8.75. The van der Waals surface area contributed by atoms with Crippen molar-refractivity contribution in [3.63, 3.8) is 0 Å². The van der Waals surface area contributed by atoms with Crippen molar-refractivity contribution in [1.29, 1.82) is 0 Å². The molecular formula is C18H29N3O3S. The molecule has 1 aromatic rings. The molecule has 0 radical (unpaired) electrons. The predicted molar refractivity (Wildman–Crippen MR) is 99.9 cm³/mol. The number of piperazine rings is 1. The van der Waals surface area contributed by atoms with E-state index in [2.05, 4.69) is 24.1 Å². The number of carbonyl (C=O) groups is 1. The van der Waals surface area contributed by atoms with Gasteiger partial charge in [-0.15, -0.1) is 0 Å². The third-order valence-electron chi connectivity index (χ3n) is 4.78. The predicted octanol–water partition coefficient (Wildman–Crippen LogP) is 1.54. The molecule has 1 aliphatic rings. The van der Waals surface area contributed by atoms with Gasteiger partial charge in [-0.3, -0.25) is 4.79 Å². The van der Waals surface area contributed by atoms with Gasteiger partial charge in [0.15, 0.2) is 0 Å². The topological polar surface area (TPSA) is 69.7 Å². The molecule has 0 aliphatic carbocycles. The molecule has 1 saturated heterocycles. The van der Waals surface area contributed by atoms with Crippen LogP contribution in [0.4, 0.5) is 0 Å². The van der Waals surface area contributed by atoms with Crippen molar-refractivity contribution < 1.29 is 13.2 Å². The normalized spacial score (nSPS) is 18.3. The number of nitrogens with one attached hydrogen (secondary N) is 1. The Morgan fingerprint density at radius 1 is 1.08 bits per heavy atom. The van der Waals surface area contributed by atoms with Crippen molar-refractivity contribution in [3.05, 3.63) is 35.4 Å². The number of hydrogen-bond acceptors (Lipinski definition) is 4. The van der Waals surface area contributed by atoms with Crippen molar-refractivity contribution in [2.45, 2.75) is 32.6 Å². The second-order valence-corrected chi connectivity index (χ2v) is 9.13. The van der Waals surface area contributed by atoms with Crippen LogP contribution in [0.2, 0.25) is 0 Å². The standard InChI is InChI=1S/C18H29N3O3S/c1-14(2)15(3)19-18(22)17-7-5-16(6-8-17)13-25(23,24)21-11-9-20(4)10-12-21/h5-8,14-15H,9-13H2,1-4H3,(H,19,22)/t15-/m0/s1. The number of rotatable bonds is 6. The van der Waals surface area contributed by atoms with Gasteiger partial charge >= 0.3 is 0 Å². The Kier molecular flexibility index (Phi) is 6.59. The second kappa shape index (κ2) is 8.29. The molecule has 1 fully saturated rings. The van der Waals surface area contributed by atoms with Gasteiger partial charge in [-0.1, -0.05) is 26.0 Å². The van der Waals surface area contributed by atoms with Crippen molar-refractivity contribution >= 4 is 15.9 Å². The highest BCUT2D eigenvalue weighted by Gasteiger charge is 2.25. The fraction of sp³-hybridized carbons (Fsp3) is 0.611. The van der Waals surface area contributed by atoms with Gasteiger partial charge in [0.2, 0.25) is 10.0 Å². The molecule has 1 N–H and O–H groups in total. The molecule has 6 nitrogen and oxygen atoms in total. The summed E-state index contributed by atoms with van der Waals surface area (Å²) in [6.07, 6.45) is 0. The summed E-state index contributed by atoms with van der Waals surface area (Å²) in [6.45, 7) is 8.66. The Balaban J connectivity index is 1.99. The van der Waals surface area contributed by atoms with E-state index in [0.29, 0.717) is 30.1 Å². The minimum absolute atomic E-state index is 0.0268. The Labute approximate surface area is 151 Å². The lowest BCUT2D eigenvalue weighted by Crippen LogP contribution is -2.47. The molecule has 1 amide bonds. The lowest BCUT2D eigenvalue weighted by molar-refractivity contribution is 0.0930. The molecule has 1 atom stereocenters. The summed E-state index contributed by atoms with van der Waals surface area (Å²) in [5, 5.41) is 2.95. The SMILES string of the molecule is CC(C)[C@H](C)NC(=O)c1ccc(CS(=O)(=O)N2CCN(C)CC2)cc1. The zero-order valence-electron chi connectivity index (χ0n) is 15.5. The fourth-order valence-corrected chi connectivity index (χ4v) is 4.09. The number of benzene rings is 1. The van der Waals surface area contributed by atoms with Crippen LogP contribution in [0.1, 0.15) is 36.7 Å². The van der Waals surface area contributed by atoms with E-state index in [4.69, 9.17) is 0 Å². The van der Waals surface area contributed by atoms with E-state index in [1.165, 1.54) is 0 Å². The van der Waals surface area contributed by atoms with Crippen LogP contribution >= 0.6 is 0 Å². The second-order valence-electron chi connectivity index (χ2n) is 7.16. The summed E-state index contributed by atoms with van der Waals surface area (Å²) in [5.74, 6) is 0.202. The van der Waals surface area contributed by atoms with Crippen LogP contribution in [-0.4, -0.2) is 62.8 Å². The molecule has 1 aliphatic heterocycles. The number of nitrogens with zero attached hydrogens (tertiary/aromatic N) is 2. The van der Waals surface area contributed by atoms with Crippen molar-refractivity contribution in [1.82, 2.24) is 14.5 Å². The van der Waals surface area contributed by atoms with Crippen molar-refractivity contribution in [2.24, 2.45) is 5.92 Å². The molecular weight excluding hydrogens is 338 g/mol.